The van der Waals surface area contributed by atoms with E-state index in [9.17, 15) is 19.3 Å². The summed E-state index contributed by atoms with van der Waals surface area (Å²) in [6, 6.07) is 0. The van der Waals surface area contributed by atoms with E-state index in [0.717, 1.165) is 89.9 Å². The summed E-state index contributed by atoms with van der Waals surface area (Å²) < 4.78 is 26.3. The number of unbranched alkanes of at least 4 members (excludes halogenated alkanes) is 6. The number of carbonyl (C=O) groups excluding carboxylic acids is 2. The summed E-state index contributed by atoms with van der Waals surface area (Å²) in [5.41, 5.74) is 0. The maximum absolute atomic E-state index is 12.4. The van der Waals surface area contributed by atoms with E-state index in [1.807, 2.05) is 19.1 Å². The average molecular weight is 761 g/mol. The molecule has 0 radical (unpaired) electrons. The molecule has 0 amide bonds. The van der Waals surface area contributed by atoms with Gasteiger partial charge >= 0.3 is 19.8 Å². The van der Waals surface area contributed by atoms with Crippen LogP contribution in [0.1, 0.15) is 136 Å². The van der Waals surface area contributed by atoms with Crippen LogP contribution >= 0.6 is 7.82 Å². The molecule has 0 fully saturated rings. The summed E-state index contributed by atoms with van der Waals surface area (Å²) in [4.78, 5) is 42.7. The van der Waals surface area contributed by atoms with Crippen molar-refractivity contribution in [1.82, 2.24) is 0 Å². The lowest BCUT2D eigenvalue weighted by Crippen LogP contribution is -2.29. The smallest absolute Gasteiger partial charge is 0.462 e. The fraction of sp³-hybridized carbons (Fsp3) is 0.581. The Morgan fingerprint density at radius 2 is 1.00 bits per heavy atom. The molecular formula is C43H69O9P. The zero-order valence-electron chi connectivity index (χ0n) is 32.5. The molecule has 0 spiro atoms. The first-order valence-electron chi connectivity index (χ1n) is 19.6. The van der Waals surface area contributed by atoms with E-state index in [0.29, 0.717) is 19.3 Å². The van der Waals surface area contributed by atoms with Crippen molar-refractivity contribution in [3.63, 3.8) is 0 Å². The lowest BCUT2D eigenvalue weighted by atomic mass is 10.1. The number of esters is 2. The molecule has 10 heteroatoms. The van der Waals surface area contributed by atoms with E-state index < -0.39 is 32.5 Å². The molecule has 0 saturated heterocycles. The van der Waals surface area contributed by atoms with Crippen LogP contribution < -0.4 is 0 Å². The van der Waals surface area contributed by atoms with E-state index in [1.165, 1.54) is 0 Å². The summed E-state index contributed by atoms with van der Waals surface area (Å²) in [7, 11) is -4.79. The third kappa shape index (κ3) is 41.5. The van der Waals surface area contributed by atoms with Crippen molar-refractivity contribution in [3.8, 4) is 0 Å². The minimum atomic E-state index is -4.79. The molecule has 0 aliphatic heterocycles. The molecule has 0 saturated carbocycles. The minimum Gasteiger partial charge on any atom is -0.462 e. The average Bonchev–Trinajstić information content (AvgIpc) is 3.11. The highest BCUT2D eigenvalue weighted by Gasteiger charge is 2.22. The summed E-state index contributed by atoms with van der Waals surface area (Å²) >= 11 is 0. The van der Waals surface area contributed by atoms with Gasteiger partial charge in [-0.15, -0.1) is 0 Å². The number of phosphoric ester groups is 1. The monoisotopic (exact) mass is 760 g/mol. The normalized spacial score (nSPS) is 14.1. The van der Waals surface area contributed by atoms with Gasteiger partial charge in [-0.05, 0) is 103 Å². The highest BCUT2D eigenvalue weighted by atomic mass is 31.2. The van der Waals surface area contributed by atoms with Gasteiger partial charge in [-0.1, -0.05) is 117 Å². The van der Waals surface area contributed by atoms with Gasteiger partial charge in [0.15, 0.2) is 6.10 Å². The van der Waals surface area contributed by atoms with Crippen LogP contribution in [0.4, 0.5) is 0 Å². The largest absolute Gasteiger partial charge is 0.469 e. The van der Waals surface area contributed by atoms with Crippen LogP contribution in [-0.2, 0) is 28.2 Å². The van der Waals surface area contributed by atoms with Gasteiger partial charge in [-0.3, -0.25) is 14.1 Å². The molecule has 0 heterocycles. The molecule has 0 aliphatic rings. The molecule has 300 valence electrons. The Hall–Kier alpha value is -3.07. The maximum Gasteiger partial charge on any atom is 0.469 e. The Morgan fingerprint density at radius 1 is 0.566 bits per heavy atom. The second-order valence-electron chi connectivity index (χ2n) is 12.8. The van der Waals surface area contributed by atoms with Gasteiger partial charge in [0.25, 0.3) is 0 Å². The molecule has 0 aliphatic carbocycles. The first-order valence-corrected chi connectivity index (χ1v) is 21.1. The van der Waals surface area contributed by atoms with E-state index >= 15 is 0 Å². The summed E-state index contributed by atoms with van der Waals surface area (Å²) in [5.74, 6) is -1.01. The molecule has 0 aromatic heterocycles. The Labute approximate surface area is 320 Å². The molecule has 0 rings (SSSR count). The number of hydrogen-bond acceptors (Lipinski definition) is 7. The van der Waals surface area contributed by atoms with Crippen LogP contribution in [0.25, 0.3) is 0 Å². The summed E-state index contributed by atoms with van der Waals surface area (Å²) in [6.45, 7) is 3.03. The van der Waals surface area contributed by atoms with Crippen LogP contribution in [0.3, 0.4) is 0 Å². The minimum absolute atomic E-state index is 0.160. The second kappa shape index (κ2) is 37.3. The maximum atomic E-state index is 12.4. The molecule has 0 aromatic rings. The standard InChI is InChI=1S/C43H69O9P/c1-3-4-5-6-7-8-9-10-11-12-15-19-22-25-28-31-34-37-43(46)52-41(39-51-53(47,48)49)38-50-42(45)36-33-30-27-24-21-18-16-13-14-17-20-23-26-29-32-35-40(2)44/h4-5,7-8,10-11,14-19,23-24,26-27,40-41,44H,3,6,9,12-13,20-22,25,28-39H2,1-2H3,(H2,47,48,49)/b5-4-,8-7-,11-10-,17-14-,18-16-,19-15-,26-23-,27-24-/t40-,41-/m1/s1. The number of allylic oxidation sites excluding steroid dienone is 16. The number of rotatable bonds is 34. The Morgan fingerprint density at radius 3 is 1.49 bits per heavy atom. The van der Waals surface area contributed by atoms with E-state index in [1.54, 1.807) is 0 Å². The fourth-order valence-corrected chi connectivity index (χ4v) is 5.09. The SMILES string of the molecule is CC/C=C\C/C=C\C/C=C\C/C=C\CCCCCCC(=O)O[C@H](COC(=O)CCC/C=C\C/C=C\C/C=C\C/C=C\CCC[C@@H](C)O)COP(=O)(O)O. The van der Waals surface area contributed by atoms with Gasteiger partial charge < -0.3 is 24.4 Å². The molecule has 53 heavy (non-hydrogen) atoms. The molecule has 9 nitrogen and oxygen atoms in total. The molecule has 0 bridgehead atoms. The van der Waals surface area contributed by atoms with Gasteiger partial charge in [-0.2, -0.15) is 0 Å². The van der Waals surface area contributed by atoms with Crippen LogP contribution in [0.2, 0.25) is 0 Å². The zero-order chi connectivity index (χ0) is 39.1. The fourth-order valence-electron chi connectivity index (χ4n) is 4.73. The first kappa shape index (κ1) is 49.9. The van der Waals surface area contributed by atoms with Crippen molar-refractivity contribution in [2.45, 2.75) is 148 Å². The third-order valence-electron chi connectivity index (χ3n) is 7.61. The van der Waals surface area contributed by atoms with Crippen LogP contribution in [-0.4, -0.2) is 52.3 Å². The Kier molecular flexibility index (Phi) is 35.1. The lowest BCUT2D eigenvalue weighted by Gasteiger charge is -2.18. The number of ether oxygens (including phenoxy) is 2. The van der Waals surface area contributed by atoms with Crippen LogP contribution in [0.5, 0.6) is 0 Å². The van der Waals surface area contributed by atoms with Gasteiger partial charge in [0.05, 0.1) is 12.7 Å². The van der Waals surface area contributed by atoms with Crippen molar-refractivity contribution >= 4 is 19.8 Å². The number of carbonyl (C=O) groups is 2. The van der Waals surface area contributed by atoms with Crippen molar-refractivity contribution in [2.24, 2.45) is 0 Å². The number of phosphoric acid groups is 1. The number of aliphatic hydroxyl groups is 1. The summed E-state index contributed by atoms with van der Waals surface area (Å²) in [5, 5.41) is 9.24. The van der Waals surface area contributed by atoms with E-state index in [2.05, 4.69) is 96.5 Å². The lowest BCUT2D eigenvalue weighted by molar-refractivity contribution is -0.161. The van der Waals surface area contributed by atoms with Crippen molar-refractivity contribution in [3.05, 3.63) is 97.2 Å². The highest BCUT2D eigenvalue weighted by Crippen LogP contribution is 2.36. The molecule has 0 aromatic carbocycles. The van der Waals surface area contributed by atoms with Gasteiger partial charge in [0.2, 0.25) is 0 Å². The first-order chi connectivity index (χ1) is 25.6. The molecular weight excluding hydrogens is 691 g/mol. The van der Waals surface area contributed by atoms with Crippen molar-refractivity contribution in [2.75, 3.05) is 13.2 Å². The van der Waals surface area contributed by atoms with Crippen molar-refractivity contribution < 1.29 is 43.0 Å². The third-order valence-corrected chi connectivity index (χ3v) is 8.09. The number of hydrogen-bond donors (Lipinski definition) is 3. The molecule has 0 unspecified atom stereocenters. The van der Waals surface area contributed by atoms with E-state index in [4.69, 9.17) is 19.3 Å². The predicted octanol–water partition coefficient (Wildman–Crippen LogP) is 10.8. The Bertz CT molecular complexity index is 1190. The van der Waals surface area contributed by atoms with E-state index in [-0.39, 0.29) is 25.6 Å². The predicted molar refractivity (Wildman–Crippen MR) is 217 cm³/mol. The second-order valence-corrected chi connectivity index (χ2v) is 14.0. The number of aliphatic hydroxyl groups excluding tert-OH is 1. The molecule has 2 atom stereocenters. The quantitative estimate of drug-likeness (QED) is 0.0253. The van der Waals surface area contributed by atoms with Gasteiger partial charge in [-0.25, -0.2) is 4.57 Å². The van der Waals surface area contributed by atoms with Crippen LogP contribution in [0.15, 0.2) is 97.2 Å². The molecule has 3 N–H and O–H groups in total. The Balaban J connectivity index is 4.13. The highest BCUT2D eigenvalue weighted by molar-refractivity contribution is 7.46. The van der Waals surface area contributed by atoms with Gasteiger partial charge in [0, 0.05) is 12.8 Å². The zero-order valence-corrected chi connectivity index (χ0v) is 33.4. The summed E-state index contributed by atoms with van der Waals surface area (Å²) in [6.07, 6.45) is 48.3. The van der Waals surface area contributed by atoms with Crippen molar-refractivity contribution in [1.29, 1.82) is 0 Å². The topological polar surface area (TPSA) is 140 Å². The van der Waals surface area contributed by atoms with Gasteiger partial charge in [0.1, 0.15) is 6.61 Å². The van der Waals surface area contributed by atoms with Crippen LogP contribution in [0, 0.1) is 0 Å².